The Bertz CT molecular complexity index is 676. The van der Waals surface area contributed by atoms with Crippen LogP contribution < -0.4 is 0 Å². The van der Waals surface area contributed by atoms with Crippen molar-refractivity contribution in [3.63, 3.8) is 0 Å². The lowest BCUT2D eigenvalue weighted by molar-refractivity contribution is -0.137. The molecule has 2 aromatic carbocycles. The van der Waals surface area contributed by atoms with E-state index >= 15 is 0 Å². The Hall–Kier alpha value is -2.63. The van der Waals surface area contributed by atoms with Crippen molar-refractivity contribution in [2.24, 2.45) is 4.99 Å². The molecule has 0 saturated carbocycles. The minimum Gasteiger partial charge on any atom is -0.478 e. The Morgan fingerprint density at radius 3 is 2.24 bits per heavy atom. The van der Waals surface area contributed by atoms with Crippen LogP contribution in [0.15, 0.2) is 53.5 Å². The number of benzene rings is 2. The van der Waals surface area contributed by atoms with Gasteiger partial charge in [-0.2, -0.15) is 13.2 Å². The van der Waals surface area contributed by atoms with E-state index in [0.717, 1.165) is 12.1 Å². The predicted molar refractivity (Wildman–Crippen MR) is 72.1 cm³/mol. The van der Waals surface area contributed by atoms with Crippen molar-refractivity contribution in [2.75, 3.05) is 0 Å². The van der Waals surface area contributed by atoms with Gasteiger partial charge in [-0.25, -0.2) is 4.79 Å². The molecule has 21 heavy (non-hydrogen) atoms. The Morgan fingerprint density at radius 2 is 1.67 bits per heavy atom. The lowest BCUT2D eigenvalue weighted by atomic mass is 10.1. The molecule has 0 atom stereocenters. The zero-order valence-corrected chi connectivity index (χ0v) is 10.6. The number of aliphatic imine (C=N–C) groups is 1. The number of carbonyl (C=O) groups is 1. The van der Waals surface area contributed by atoms with Crippen LogP contribution >= 0.6 is 0 Å². The summed E-state index contributed by atoms with van der Waals surface area (Å²) >= 11 is 0. The Kier molecular flexibility index (Phi) is 4.07. The molecule has 2 aromatic rings. The second-order valence-corrected chi connectivity index (χ2v) is 4.20. The van der Waals surface area contributed by atoms with Gasteiger partial charge in [-0.3, -0.25) is 4.99 Å². The van der Waals surface area contributed by atoms with E-state index < -0.39 is 17.7 Å². The molecule has 2 rings (SSSR count). The molecular formula is C15H10F3NO2. The van der Waals surface area contributed by atoms with E-state index in [4.69, 9.17) is 5.11 Å². The third kappa shape index (κ3) is 3.68. The lowest BCUT2D eigenvalue weighted by Gasteiger charge is -2.05. The molecule has 0 heterocycles. The molecule has 0 aliphatic carbocycles. The summed E-state index contributed by atoms with van der Waals surface area (Å²) in [5.74, 6) is -1.09. The highest BCUT2D eigenvalue weighted by atomic mass is 19.4. The highest BCUT2D eigenvalue weighted by molar-refractivity contribution is 5.98. The van der Waals surface area contributed by atoms with Crippen molar-refractivity contribution in [3.8, 4) is 0 Å². The number of carboxylic acids is 1. The Balaban J connectivity index is 2.24. The molecule has 0 aliphatic heterocycles. The molecule has 0 saturated heterocycles. The van der Waals surface area contributed by atoms with Crippen LogP contribution in [0, 0.1) is 0 Å². The van der Waals surface area contributed by atoms with Crippen LogP contribution in [0.2, 0.25) is 0 Å². The molecule has 0 spiro atoms. The number of alkyl halides is 3. The van der Waals surface area contributed by atoms with Gasteiger partial charge in [0.1, 0.15) is 0 Å². The van der Waals surface area contributed by atoms with Crippen LogP contribution in [0.5, 0.6) is 0 Å². The van der Waals surface area contributed by atoms with E-state index in [0.29, 0.717) is 11.3 Å². The third-order valence-corrected chi connectivity index (χ3v) is 2.74. The fraction of sp³-hybridized carbons (Fsp3) is 0.0667. The number of rotatable bonds is 3. The van der Waals surface area contributed by atoms with E-state index in [1.54, 1.807) is 18.2 Å². The summed E-state index contributed by atoms with van der Waals surface area (Å²) < 4.78 is 37.2. The summed E-state index contributed by atoms with van der Waals surface area (Å²) in [6, 6.07) is 10.5. The van der Waals surface area contributed by atoms with Crippen molar-refractivity contribution in [3.05, 3.63) is 65.2 Å². The van der Waals surface area contributed by atoms with Crippen molar-refractivity contribution >= 4 is 17.9 Å². The van der Waals surface area contributed by atoms with Crippen LogP contribution in [0.1, 0.15) is 21.5 Å². The van der Waals surface area contributed by atoms with Crippen LogP contribution in [-0.4, -0.2) is 17.3 Å². The largest absolute Gasteiger partial charge is 0.478 e. The van der Waals surface area contributed by atoms with Gasteiger partial charge >= 0.3 is 12.1 Å². The fourth-order valence-electron chi connectivity index (χ4n) is 1.68. The average Bonchev–Trinajstić information content (AvgIpc) is 2.45. The summed E-state index contributed by atoms with van der Waals surface area (Å²) in [5.41, 5.74) is 0.00800. The standard InChI is InChI=1S/C15H10F3NO2/c16-15(17,18)11-5-7-12(8-6-11)19-9-10-3-1-2-4-13(10)14(20)21/h1-9H,(H,20,21). The van der Waals surface area contributed by atoms with Crippen molar-refractivity contribution in [1.29, 1.82) is 0 Å². The first-order valence-corrected chi connectivity index (χ1v) is 5.91. The van der Waals surface area contributed by atoms with Crippen molar-refractivity contribution < 1.29 is 23.1 Å². The minimum atomic E-state index is -4.39. The van der Waals surface area contributed by atoms with Gasteiger partial charge in [0.25, 0.3) is 0 Å². The number of aromatic carboxylic acids is 1. The Labute approximate surface area is 118 Å². The van der Waals surface area contributed by atoms with Crippen molar-refractivity contribution in [1.82, 2.24) is 0 Å². The van der Waals surface area contributed by atoms with E-state index in [1.165, 1.54) is 24.4 Å². The highest BCUT2D eigenvalue weighted by Gasteiger charge is 2.29. The summed E-state index contributed by atoms with van der Waals surface area (Å²) in [6.45, 7) is 0. The minimum absolute atomic E-state index is 0.0770. The van der Waals surface area contributed by atoms with Gasteiger partial charge < -0.3 is 5.11 Å². The van der Waals surface area contributed by atoms with Gasteiger partial charge in [-0.1, -0.05) is 18.2 Å². The van der Waals surface area contributed by atoms with Gasteiger partial charge in [0.2, 0.25) is 0 Å². The van der Waals surface area contributed by atoms with E-state index in [2.05, 4.69) is 4.99 Å². The summed E-state index contributed by atoms with van der Waals surface area (Å²) in [4.78, 5) is 15.0. The number of nitrogens with zero attached hydrogens (tertiary/aromatic N) is 1. The van der Waals surface area contributed by atoms with Gasteiger partial charge in [0.15, 0.2) is 0 Å². The van der Waals surface area contributed by atoms with E-state index in [1.807, 2.05) is 0 Å². The summed E-state index contributed by atoms with van der Waals surface area (Å²) in [6.07, 6.45) is -3.08. The zero-order valence-electron chi connectivity index (χ0n) is 10.6. The topological polar surface area (TPSA) is 49.7 Å². The SMILES string of the molecule is O=C(O)c1ccccc1C=Nc1ccc(C(F)(F)F)cc1. The molecule has 0 unspecified atom stereocenters. The van der Waals surface area contributed by atoms with Crippen molar-refractivity contribution in [2.45, 2.75) is 6.18 Å². The van der Waals surface area contributed by atoms with Crippen LogP contribution in [-0.2, 0) is 6.18 Å². The highest BCUT2D eigenvalue weighted by Crippen LogP contribution is 2.30. The molecule has 0 amide bonds. The predicted octanol–water partition coefficient (Wildman–Crippen LogP) is 4.15. The first-order chi connectivity index (χ1) is 9.88. The number of halogens is 3. The quantitative estimate of drug-likeness (QED) is 0.864. The molecule has 1 N–H and O–H groups in total. The first-order valence-electron chi connectivity index (χ1n) is 5.91. The molecule has 0 radical (unpaired) electrons. The molecule has 0 bridgehead atoms. The van der Waals surface area contributed by atoms with Crippen LogP contribution in [0.25, 0.3) is 0 Å². The van der Waals surface area contributed by atoms with Gasteiger partial charge in [-0.05, 0) is 30.3 Å². The maximum Gasteiger partial charge on any atom is 0.416 e. The third-order valence-electron chi connectivity index (χ3n) is 2.74. The molecule has 0 aliphatic rings. The molecule has 0 fully saturated rings. The molecule has 3 nitrogen and oxygen atoms in total. The van der Waals surface area contributed by atoms with E-state index in [9.17, 15) is 18.0 Å². The summed E-state index contributed by atoms with van der Waals surface area (Å²) in [7, 11) is 0. The number of hydrogen-bond donors (Lipinski definition) is 1. The maximum atomic E-state index is 12.4. The number of hydrogen-bond acceptors (Lipinski definition) is 2. The van der Waals surface area contributed by atoms with Gasteiger partial charge in [0, 0.05) is 11.8 Å². The number of carboxylic acid groups (broad SMARTS) is 1. The summed E-state index contributed by atoms with van der Waals surface area (Å²) in [5, 5.41) is 9.00. The monoisotopic (exact) mass is 293 g/mol. The smallest absolute Gasteiger partial charge is 0.416 e. The molecule has 108 valence electrons. The van der Waals surface area contributed by atoms with Gasteiger partial charge in [0.05, 0.1) is 16.8 Å². The lowest BCUT2D eigenvalue weighted by Crippen LogP contribution is -2.03. The maximum absolute atomic E-state index is 12.4. The second-order valence-electron chi connectivity index (χ2n) is 4.20. The molecular weight excluding hydrogens is 283 g/mol. The molecule has 6 heteroatoms. The Morgan fingerprint density at radius 1 is 1.05 bits per heavy atom. The first kappa shape index (κ1) is 14.8. The van der Waals surface area contributed by atoms with Crippen LogP contribution in [0.4, 0.5) is 18.9 Å². The van der Waals surface area contributed by atoms with Crippen LogP contribution in [0.3, 0.4) is 0 Å². The van der Waals surface area contributed by atoms with Gasteiger partial charge in [-0.15, -0.1) is 0 Å². The normalized spacial score (nSPS) is 11.8. The fourth-order valence-corrected chi connectivity index (χ4v) is 1.68. The average molecular weight is 293 g/mol. The molecule has 0 aromatic heterocycles. The zero-order chi connectivity index (χ0) is 15.5. The second kappa shape index (κ2) is 5.78. The van der Waals surface area contributed by atoms with E-state index in [-0.39, 0.29) is 5.56 Å².